The van der Waals surface area contributed by atoms with Gasteiger partial charge in [0.1, 0.15) is 0 Å². The molecule has 20 heavy (non-hydrogen) atoms. The molecule has 0 aliphatic carbocycles. The van der Waals surface area contributed by atoms with Crippen molar-refractivity contribution in [2.45, 2.75) is 50.0 Å². The molecule has 0 saturated carbocycles. The van der Waals surface area contributed by atoms with E-state index >= 15 is 0 Å². The van der Waals surface area contributed by atoms with Gasteiger partial charge in [0.15, 0.2) is 5.16 Å². The normalized spacial score (nSPS) is 11.2. The molecule has 1 heterocycles. The molecule has 0 unspecified atom stereocenters. The van der Waals surface area contributed by atoms with E-state index in [-0.39, 0.29) is 5.69 Å². The van der Waals surface area contributed by atoms with Crippen molar-refractivity contribution in [1.29, 1.82) is 0 Å². The van der Waals surface area contributed by atoms with E-state index in [1.165, 1.54) is 17.3 Å². The summed E-state index contributed by atoms with van der Waals surface area (Å²) >= 11 is 1.49. The number of hydrogen-bond donors (Lipinski definition) is 2. The van der Waals surface area contributed by atoms with Gasteiger partial charge in [-0.1, -0.05) is 26.0 Å². The number of nitrogens with zero attached hydrogens (tertiary/aromatic N) is 2. The zero-order valence-corrected chi connectivity index (χ0v) is 12.8. The zero-order chi connectivity index (χ0) is 14.5. The predicted molar refractivity (Wildman–Crippen MR) is 81.1 cm³/mol. The summed E-state index contributed by atoms with van der Waals surface area (Å²) in [5.74, 6) is 0. The first-order valence-corrected chi connectivity index (χ1v) is 7.57. The minimum absolute atomic E-state index is 0.159. The third kappa shape index (κ3) is 3.74. The lowest BCUT2D eigenvalue weighted by molar-refractivity contribution is 0.588. The molecular weight excluding hydrogens is 272 g/mol. The molecule has 6 heteroatoms. The number of aromatic amines is 1. The van der Waals surface area contributed by atoms with Gasteiger partial charge < -0.3 is 5.32 Å². The highest BCUT2D eigenvalue weighted by molar-refractivity contribution is 7.99. The monoisotopic (exact) mass is 292 g/mol. The highest BCUT2D eigenvalue weighted by atomic mass is 32.2. The molecule has 2 rings (SSSR count). The van der Waals surface area contributed by atoms with Crippen molar-refractivity contribution in [1.82, 2.24) is 20.1 Å². The Bertz CT molecular complexity index is 600. The maximum atomic E-state index is 11.5. The minimum Gasteiger partial charge on any atom is -0.310 e. The van der Waals surface area contributed by atoms with E-state index in [2.05, 4.69) is 53.6 Å². The van der Waals surface area contributed by atoms with Gasteiger partial charge in [0.25, 0.3) is 0 Å². The summed E-state index contributed by atoms with van der Waals surface area (Å²) in [5.41, 5.74) is 1.09. The average molecular weight is 292 g/mol. The van der Waals surface area contributed by atoms with Crippen LogP contribution in [0, 0.1) is 0 Å². The standard InChI is InChI=1S/C14H20N4OS/c1-4-18-13(19)16-17-14(18)20-12-7-5-11(6-8-12)9-15-10(2)3/h5-8,10,15H,4,9H2,1-3H3,(H,16,19). The van der Waals surface area contributed by atoms with Crippen LogP contribution in [-0.2, 0) is 13.1 Å². The largest absolute Gasteiger partial charge is 0.343 e. The first-order valence-electron chi connectivity index (χ1n) is 6.75. The lowest BCUT2D eigenvalue weighted by Gasteiger charge is -2.08. The molecule has 1 aromatic carbocycles. The topological polar surface area (TPSA) is 62.7 Å². The van der Waals surface area contributed by atoms with Crippen molar-refractivity contribution < 1.29 is 0 Å². The fourth-order valence-electron chi connectivity index (χ4n) is 1.76. The van der Waals surface area contributed by atoms with Crippen LogP contribution >= 0.6 is 11.8 Å². The number of nitrogens with one attached hydrogen (secondary N) is 2. The van der Waals surface area contributed by atoms with E-state index < -0.39 is 0 Å². The van der Waals surface area contributed by atoms with E-state index in [0.717, 1.165) is 11.4 Å². The molecule has 5 nitrogen and oxygen atoms in total. The minimum atomic E-state index is -0.159. The van der Waals surface area contributed by atoms with Gasteiger partial charge in [0.05, 0.1) is 0 Å². The second-order valence-corrected chi connectivity index (χ2v) is 5.88. The highest BCUT2D eigenvalue weighted by Gasteiger charge is 2.08. The van der Waals surface area contributed by atoms with Gasteiger partial charge in [0, 0.05) is 24.0 Å². The number of H-pyrrole nitrogens is 1. The second-order valence-electron chi connectivity index (χ2n) is 4.84. The molecule has 0 bridgehead atoms. The van der Waals surface area contributed by atoms with E-state index in [0.29, 0.717) is 17.7 Å². The number of benzene rings is 1. The molecule has 2 aromatic rings. The molecule has 0 radical (unpaired) electrons. The number of aromatic nitrogens is 3. The molecular formula is C14H20N4OS. The Morgan fingerprint density at radius 1 is 1.35 bits per heavy atom. The maximum Gasteiger partial charge on any atom is 0.343 e. The van der Waals surface area contributed by atoms with Crippen molar-refractivity contribution >= 4 is 11.8 Å². The van der Waals surface area contributed by atoms with Crippen LogP contribution < -0.4 is 11.0 Å². The smallest absolute Gasteiger partial charge is 0.310 e. The summed E-state index contributed by atoms with van der Waals surface area (Å²) in [5, 5.41) is 10.6. The van der Waals surface area contributed by atoms with E-state index in [1.807, 2.05) is 6.92 Å². The molecule has 1 aromatic heterocycles. The first kappa shape index (κ1) is 14.9. The van der Waals surface area contributed by atoms with Crippen LogP contribution in [0.15, 0.2) is 39.1 Å². The number of hydrogen-bond acceptors (Lipinski definition) is 4. The van der Waals surface area contributed by atoms with Gasteiger partial charge in [-0.2, -0.15) is 0 Å². The van der Waals surface area contributed by atoms with Crippen LogP contribution in [-0.4, -0.2) is 20.8 Å². The van der Waals surface area contributed by atoms with Crippen LogP contribution in [0.25, 0.3) is 0 Å². The van der Waals surface area contributed by atoms with Crippen molar-refractivity contribution in [3.05, 3.63) is 40.3 Å². The van der Waals surface area contributed by atoms with Gasteiger partial charge in [-0.25, -0.2) is 9.89 Å². The summed E-state index contributed by atoms with van der Waals surface area (Å²) in [6.07, 6.45) is 0. The number of rotatable bonds is 6. The van der Waals surface area contributed by atoms with Gasteiger partial charge >= 0.3 is 5.69 Å². The first-order chi connectivity index (χ1) is 9.60. The molecule has 0 saturated heterocycles. The SMILES string of the molecule is CCn1c(Sc2ccc(CNC(C)C)cc2)n[nH]c1=O. The van der Waals surface area contributed by atoms with E-state index in [1.54, 1.807) is 4.57 Å². The molecule has 0 atom stereocenters. The highest BCUT2D eigenvalue weighted by Crippen LogP contribution is 2.25. The van der Waals surface area contributed by atoms with Gasteiger partial charge in [0.2, 0.25) is 0 Å². The fraction of sp³-hybridized carbons (Fsp3) is 0.429. The third-order valence-electron chi connectivity index (χ3n) is 2.89. The maximum absolute atomic E-state index is 11.5. The van der Waals surface area contributed by atoms with Crippen LogP contribution in [0.3, 0.4) is 0 Å². The summed E-state index contributed by atoms with van der Waals surface area (Å²) in [7, 11) is 0. The van der Waals surface area contributed by atoms with Crippen LogP contribution in [0.2, 0.25) is 0 Å². The average Bonchev–Trinajstić information content (AvgIpc) is 2.78. The van der Waals surface area contributed by atoms with Crippen molar-refractivity contribution in [3.63, 3.8) is 0 Å². The van der Waals surface area contributed by atoms with E-state index in [9.17, 15) is 4.79 Å². The Kier molecular flexibility index (Phi) is 5.03. The van der Waals surface area contributed by atoms with Crippen LogP contribution in [0.4, 0.5) is 0 Å². The molecule has 0 aliphatic heterocycles. The fourth-order valence-corrected chi connectivity index (χ4v) is 2.66. The Labute approximate surface area is 122 Å². The van der Waals surface area contributed by atoms with Crippen LogP contribution in [0.1, 0.15) is 26.3 Å². The molecule has 2 N–H and O–H groups in total. The lowest BCUT2D eigenvalue weighted by Crippen LogP contribution is -2.21. The predicted octanol–water partition coefficient (Wildman–Crippen LogP) is 2.24. The van der Waals surface area contributed by atoms with Crippen LogP contribution in [0.5, 0.6) is 0 Å². The summed E-state index contributed by atoms with van der Waals surface area (Å²) in [6, 6.07) is 8.78. The molecule has 0 amide bonds. The Morgan fingerprint density at radius 2 is 2.05 bits per heavy atom. The van der Waals surface area contributed by atoms with Gasteiger partial charge in [-0.05, 0) is 36.4 Å². The molecule has 0 spiro atoms. The van der Waals surface area contributed by atoms with Crippen molar-refractivity contribution in [3.8, 4) is 0 Å². The lowest BCUT2D eigenvalue weighted by atomic mass is 10.2. The third-order valence-corrected chi connectivity index (χ3v) is 3.89. The summed E-state index contributed by atoms with van der Waals surface area (Å²) in [4.78, 5) is 12.6. The Hall–Kier alpha value is -1.53. The molecule has 108 valence electrons. The van der Waals surface area contributed by atoms with Crippen molar-refractivity contribution in [2.75, 3.05) is 0 Å². The van der Waals surface area contributed by atoms with E-state index in [4.69, 9.17) is 0 Å². The van der Waals surface area contributed by atoms with Gasteiger partial charge in [-0.15, -0.1) is 5.10 Å². The van der Waals surface area contributed by atoms with Gasteiger partial charge in [-0.3, -0.25) is 4.57 Å². The van der Waals surface area contributed by atoms with Crippen molar-refractivity contribution in [2.24, 2.45) is 0 Å². The Morgan fingerprint density at radius 3 is 2.65 bits per heavy atom. The second kappa shape index (κ2) is 6.76. The Balaban J connectivity index is 2.05. The summed E-state index contributed by atoms with van der Waals surface area (Å²) in [6.45, 7) is 7.68. The molecule has 0 aliphatic rings. The zero-order valence-electron chi connectivity index (χ0n) is 12.0. The summed E-state index contributed by atoms with van der Waals surface area (Å²) < 4.78 is 1.62. The molecule has 0 fully saturated rings. The quantitative estimate of drug-likeness (QED) is 0.857.